The Labute approximate surface area is 110 Å². The molecule has 0 bridgehead atoms. The van der Waals surface area contributed by atoms with Gasteiger partial charge >= 0.3 is 0 Å². The molecular weight excluding hydrogens is 259 g/mol. The van der Waals surface area contributed by atoms with E-state index in [0.717, 1.165) is 18.4 Å². The van der Waals surface area contributed by atoms with Gasteiger partial charge in [0.25, 0.3) is 0 Å². The number of hydrogen-bond acceptors (Lipinski definition) is 2. The molecule has 1 aromatic carbocycles. The minimum Gasteiger partial charge on any atom is -0.340 e. The lowest BCUT2D eigenvalue weighted by atomic mass is 10.2. The summed E-state index contributed by atoms with van der Waals surface area (Å²) in [6.45, 7) is 0.470. The summed E-state index contributed by atoms with van der Waals surface area (Å²) in [6, 6.07) is 5.26. The molecule has 1 aliphatic rings. The third-order valence-electron chi connectivity index (χ3n) is 2.90. The van der Waals surface area contributed by atoms with Crippen molar-refractivity contribution < 1.29 is 4.79 Å². The summed E-state index contributed by atoms with van der Waals surface area (Å²) in [5, 5.41) is 1.14. The van der Waals surface area contributed by atoms with E-state index in [4.69, 9.17) is 28.9 Å². The number of likely N-dealkylation sites (N-methyl/N-ethyl adjacent to an activating group) is 1. The smallest absolute Gasteiger partial charge is 0.242 e. The highest BCUT2D eigenvalue weighted by Gasteiger charge is 2.47. The summed E-state index contributed by atoms with van der Waals surface area (Å²) in [4.78, 5) is 13.6. The van der Waals surface area contributed by atoms with Gasteiger partial charge in [0.15, 0.2) is 0 Å². The van der Waals surface area contributed by atoms with Crippen LogP contribution in [0.15, 0.2) is 18.2 Å². The van der Waals surface area contributed by atoms with Gasteiger partial charge in [-0.1, -0.05) is 23.2 Å². The maximum Gasteiger partial charge on any atom is 0.242 e. The topological polar surface area (TPSA) is 46.3 Å². The number of rotatable bonds is 3. The lowest BCUT2D eigenvalue weighted by molar-refractivity contribution is -0.132. The minimum absolute atomic E-state index is 0.0198. The largest absolute Gasteiger partial charge is 0.340 e. The summed E-state index contributed by atoms with van der Waals surface area (Å²) in [5.41, 5.74) is 6.14. The van der Waals surface area contributed by atoms with Crippen molar-refractivity contribution in [3.05, 3.63) is 33.8 Å². The van der Waals surface area contributed by atoms with Crippen molar-refractivity contribution >= 4 is 29.1 Å². The van der Waals surface area contributed by atoms with Crippen LogP contribution in [0.4, 0.5) is 0 Å². The summed E-state index contributed by atoms with van der Waals surface area (Å²) < 4.78 is 0. The third-order valence-corrected chi connectivity index (χ3v) is 3.34. The molecule has 0 spiro atoms. The molecule has 0 unspecified atom stereocenters. The van der Waals surface area contributed by atoms with Gasteiger partial charge in [-0.2, -0.15) is 0 Å². The van der Waals surface area contributed by atoms with E-state index in [2.05, 4.69) is 0 Å². The van der Waals surface area contributed by atoms with Crippen LogP contribution in [0.3, 0.4) is 0 Å². The molecule has 1 aromatic rings. The Hall–Kier alpha value is -0.770. The first-order valence-corrected chi connectivity index (χ1v) is 6.16. The van der Waals surface area contributed by atoms with Crippen molar-refractivity contribution in [3.8, 4) is 0 Å². The molecular formula is C12H14Cl2N2O. The second kappa shape index (κ2) is 4.48. The fraction of sp³-hybridized carbons (Fsp3) is 0.417. The van der Waals surface area contributed by atoms with E-state index in [0.29, 0.717) is 16.6 Å². The first-order chi connectivity index (χ1) is 7.90. The SMILES string of the molecule is CN(Cc1cc(Cl)cc(Cl)c1)C(=O)C1(N)CC1. The summed E-state index contributed by atoms with van der Waals surface area (Å²) in [5.74, 6) is -0.0198. The van der Waals surface area contributed by atoms with Gasteiger partial charge in [0, 0.05) is 23.6 Å². The average Bonchev–Trinajstić information content (AvgIpc) is 2.95. The zero-order valence-corrected chi connectivity index (χ0v) is 11.1. The molecule has 1 saturated carbocycles. The van der Waals surface area contributed by atoms with E-state index >= 15 is 0 Å². The van der Waals surface area contributed by atoms with Gasteiger partial charge < -0.3 is 10.6 Å². The number of hydrogen-bond donors (Lipinski definition) is 1. The molecule has 5 heteroatoms. The summed E-state index contributed by atoms with van der Waals surface area (Å²) >= 11 is 11.8. The van der Waals surface area contributed by atoms with Crippen molar-refractivity contribution in [2.75, 3.05) is 7.05 Å². The molecule has 3 nitrogen and oxygen atoms in total. The lowest BCUT2D eigenvalue weighted by Gasteiger charge is -2.21. The standard InChI is InChI=1S/C12H14Cl2N2O/c1-16(11(17)12(15)2-3-12)7-8-4-9(13)6-10(14)5-8/h4-6H,2-3,7,15H2,1H3. The normalized spacial score (nSPS) is 16.7. The number of benzene rings is 1. The minimum atomic E-state index is -0.628. The van der Waals surface area contributed by atoms with E-state index < -0.39 is 5.54 Å². The first kappa shape index (κ1) is 12.7. The van der Waals surface area contributed by atoms with Crippen LogP contribution in [0.25, 0.3) is 0 Å². The molecule has 1 amide bonds. The van der Waals surface area contributed by atoms with Crippen molar-refractivity contribution in [2.45, 2.75) is 24.9 Å². The van der Waals surface area contributed by atoms with Gasteiger partial charge in [-0.3, -0.25) is 4.79 Å². The van der Waals surface area contributed by atoms with E-state index in [-0.39, 0.29) is 5.91 Å². The molecule has 0 radical (unpaired) electrons. The first-order valence-electron chi connectivity index (χ1n) is 5.40. The maximum absolute atomic E-state index is 11.9. The van der Waals surface area contributed by atoms with Crippen LogP contribution in [0, 0.1) is 0 Å². The monoisotopic (exact) mass is 272 g/mol. The Balaban J connectivity index is 2.07. The van der Waals surface area contributed by atoms with Crippen LogP contribution in [0.1, 0.15) is 18.4 Å². The van der Waals surface area contributed by atoms with Crippen molar-refractivity contribution in [3.63, 3.8) is 0 Å². The molecule has 2 N–H and O–H groups in total. The van der Waals surface area contributed by atoms with Crippen molar-refractivity contribution in [2.24, 2.45) is 5.73 Å². The number of carbonyl (C=O) groups is 1. The van der Waals surface area contributed by atoms with Gasteiger partial charge in [-0.15, -0.1) is 0 Å². The summed E-state index contributed by atoms with van der Waals surface area (Å²) in [6.07, 6.45) is 1.54. The average molecular weight is 273 g/mol. The molecule has 17 heavy (non-hydrogen) atoms. The lowest BCUT2D eigenvalue weighted by Crippen LogP contribution is -2.43. The van der Waals surface area contributed by atoms with Gasteiger partial charge in [-0.25, -0.2) is 0 Å². The van der Waals surface area contributed by atoms with E-state index in [9.17, 15) is 4.79 Å². The molecule has 0 aromatic heterocycles. The van der Waals surface area contributed by atoms with Crippen LogP contribution in [0.2, 0.25) is 10.0 Å². The van der Waals surface area contributed by atoms with E-state index in [1.54, 1.807) is 30.1 Å². The number of halogens is 2. The molecule has 1 fully saturated rings. The number of amides is 1. The van der Waals surface area contributed by atoms with Gasteiger partial charge in [-0.05, 0) is 36.6 Å². The third kappa shape index (κ3) is 2.92. The van der Waals surface area contributed by atoms with Crippen molar-refractivity contribution in [1.82, 2.24) is 4.90 Å². The second-order valence-electron chi connectivity index (χ2n) is 4.60. The molecule has 0 saturated heterocycles. The Morgan fingerprint density at radius 1 is 1.35 bits per heavy atom. The Morgan fingerprint density at radius 2 is 1.88 bits per heavy atom. The number of nitrogens with two attached hydrogens (primary N) is 1. The molecule has 0 atom stereocenters. The predicted octanol–water partition coefficient (Wildman–Crippen LogP) is 2.44. The second-order valence-corrected chi connectivity index (χ2v) is 5.47. The quantitative estimate of drug-likeness (QED) is 0.919. The highest BCUT2D eigenvalue weighted by atomic mass is 35.5. The van der Waals surface area contributed by atoms with Crippen LogP contribution < -0.4 is 5.73 Å². The molecule has 92 valence electrons. The Morgan fingerprint density at radius 3 is 2.35 bits per heavy atom. The fourth-order valence-corrected chi connectivity index (χ4v) is 2.35. The number of nitrogens with zero attached hydrogens (tertiary/aromatic N) is 1. The zero-order valence-electron chi connectivity index (χ0n) is 9.54. The molecule has 0 aliphatic heterocycles. The van der Waals surface area contributed by atoms with Crippen LogP contribution >= 0.6 is 23.2 Å². The zero-order chi connectivity index (χ0) is 12.6. The predicted molar refractivity (Wildman–Crippen MR) is 69.1 cm³/mol. The van der Waals surface area contributed by atoms with Crippen LogP contribution in [0.5, 0.6) is 0 Å². The van der Waals surface area contributed by atoms with Crippen molar-refractivity contribution in [1.29, 1.82) is 0 Å². The number of carbonyl (C=O) groups excluding carboxylic acids is 1. The Bertz CT molecular complexity index is 438. The molecule has 1 aliphatic carbocycles. The highest BCUT2D eigenvalue weighted by Crippen LogP contribution is 2.34. The molecule has 2 rings (SSSR count). The summed E-state index contributed by atoms with van der Waals surface area (Å²) in [7, 11) is 1.74. The van der Waals surface area contributed by atoms with Crippen LogP contribution in [-0.2, 0) is 11.3 Å². The highest BCUT2D eigenvalue weighted by molar-refractivity contribution is 6.34. The van der Waals surface area contributed by atoms with Crippen LogP contribution in [-0.4, -0.2) is 23.4 Å². The van der Waals surface area contributed by atoms with Gasteiger partial charge in [0.2, 0.25) is 5.91 Å². The van der Waals surface area contributed by atoms with Gasteiger partial charge in [0.05, 0.1) is 5.54 Å². The van der Waals surface area contributed by atoms with Gasteiger partial charge in [0.1, 0.15) is 0 Å². The van der Waals surface area contributed by atoms with E-state index in [1.165, 1.54) is 0 Å². The maximum atomic E-state index is 11.9. The fourth-order valence-electron chi connectivity index (χ4n) is 1.78. The Kier molecular flexibility index (Phi) is 3.34. The van der Waals surface area contributed by atoms with E-state index in [1.807, 2.05) is 0 Å². The molecule has 0 heterocycles.